The van der Waals surface area contributed by atoms with E-state index in [1.54, 1.807) is 0 Å². The largest absolute Gasteiger partial charge is 0.362 e. The van der Waals surface area contributed by atoms with Crippen LogP contribution >= 0.6 is 0 Å². The molecule has 17 heavy (non-hydrogen) atoms. The van der Waals surface area contributed by atoms with E-state index in [-0.39, 0.29) is 5.54 Å². The summed E-state index contributed by atoms with van der Waals surface area (Å²) < 4.78 is 5.98. The van der Waals surface area contributed by atoms with Gasteiger partial charge in [-0.25, -0.2) is 0 Å². The highest BCUT2D eigenvalue weighted by molar-refractivity contribution is 4.91. The Kier molecular flexibility index (Phi) is 3.78. The number of fused-ring (bicyclic) bond motifs is 1. The lowest BCUT2D eigenvalue weighted by Crippen LogP contribution is -2.51. The quantitative estimate of drug-likeness (QED) is 0.688. The summed E-state index contributed by atoms with van der Waals surface area (Å²) in [6.07, 6.45) is 2.90. The molecule has 1 aliphatic carbocycles. The van der Waals surface area contributed by atoms with Gasteiger partial charge in [0.15, 0.2) is 0 Å². The van der Waals surface area contributed by atoms with Gasteiger partial charge in [-0.05, 0) is 27.2 Å². The van der Waals surface area contributed by atoms with Gasteiger partial charge in [-0.3, -0.25) is 9.74 Å². The fourth-order valence-corrected chi connectivity index (χ4v) is 2.81. The van der Waals surface area contributed by atoms with Crippen LogP contribution in [0.2, 0.25) is 0 Å². The first kappa shape index (κ1) is 13.3. The zero-order valence-electron chi connectivity index (χ0n) is 11.8. The minimum Gasteiger partial charge on any atom is -0.362 e. The second-order valence-electron chi connectivity index (χ2n) is 6.50. The lowest BCUT2D eigenvalue weighted by Gasteiger charge is -2.42. The van der Waals surface area contributed by atoms with Crippen molar-refractivity contribution in [3.05, 3.63) is 0 Å². The second-order valence-corrected chi connectivity index (χ2v) is 6.50. The molecule has 3 atom stereocenters. The molecule has 0 aromatic heterocycles. The number of ether oxygens (including phenoxy) is 1. The van der Waals surface area contributed by atoms with Gasteiger partial charge >= 0.3 is 0 Å². The van der Waals surface area contributed by atoms with Gasteiger partial charge < -0.3 is 4.74 Å². The van der Waals surface area contributed by atoms with Crippen molar-refractivity contribution in [2.45, 2.75) is 51.4 Å². The van der Waals surface area contributed by atoms with Crippen LogP contribution in [0.3, 0.4) is 0 Å². The van der Waals surface area contributed by atoms with Crippen LogP contribution in [-0.4, -0.2) is 55.1 Å². The van der Waals surface area contributed by atoms with Gasteiger partial charge in [0.05, 0.1) is 18.9 Å². The van der Waals surface area contributed by atoms with Crippen LogP contribution in [0.4, 0.5) is 0 Å². The summed E-state index contributed by atoms with van der Waals surface area (Å²) in [7, 11) is 3.90. The minimum absolute atomic E-state index is 0.200. The SMILES string of the molecule is CN(C)OC1CC2CN(C(C)(C)C)COC2C1. The molecule has 4 heteroatoms. The smallest absolute Gasteiger partial charge is 0.0998 e. The Morgan fingerprint density at radius 2 is 1.94 bits per heavy atom. The van der Waals surface area contributed by atoms with Crippen molar-refractivity contribution in [3.63, 3.8) is 0 Å². The van der Waals surface area contributed by atoms with Gasteiger partial charge in [-0.15, -0.1) is 0 Å². The Morgan fingerprint density at radius 1 is 1.24 bits per heavy atom. The van der Waals surface area contributed by atoms with Crippen molar-refractivity contribution in [2.24, 2.45) is 5.92 Å². The van der Waals surface area contributed by atoms with E-state index in [2.05, 4.69) is 25.7 Å². The highest BCUT2D eigenvalue weighted by Gasteiger charge is 2.42. The maximum Gasteiger partial charge on any atom is 0.0998 e. The first-order valence-electron chi connectivity index (χ1n) is 6.57. The summed E-state index contributed by atoms with van der Waals surface area (Å²) in [6, 6.07) is 0. The Labute approximate surface area is 105 Å². The maximum atomic E-state index is 5.98. The fourth-order valence-electron chi connectivity index (χ4n) is 2.81. The van der Waals surface area contributed by atoms with Crippen LogP contribution in [0.5, 0.6) is 0 Å². The number of nitrogens with zero attached hydrogens (tertiary/aromatic N) is 2. The molecule has 3 unspecified atom stereocenters. The normalized spacial score (nSPS) is 35.3. The lowest BCUT2D eigenvalue weighted by molar-refractivity contribution is -0.165. The summed E-state index contributed by atoms with van der Waals surface area (Å²) in [5.41, 5.74) is 0.200. The molecule has 2 aliphatic rings. The maximum absolute atomic E-state index is 5.98. The average molecular weight is 242 g/mol. The van der Waals surface area contributed by atoms with Crippen molar-refractivity contribution >= 4 is 0 Å². The number of hydrogen-bond acceptors (Lipinski definition) is 4. The van der Waals surface area contributed by atoms with E-state index in [1.165, 1.54) is 0 Å². The van der Waals surface area contributed by atoms with E-state index >= 15 is 0 Å². The zero-order chi connectivity index (χ0) is 12.6. The molecule has 2 fully saturated rings. The zero-order valence-corrected chi connectivity index (χ0v) is 11.8. The summed E-state index contributed by atoms with van der Waals surface area (Å²) in [5, 5.41) is 1.81. The Balaban J connectivity index is 1.90. The van der Waals surface area contributed by atoms with E-state index in [9.17, 15) is 0 Å². The first-order chi connectivity index (χ1) is 7.86. The molecule has 1 saturated heterocycles. The van der Waals surface area contributed by atoms with Crippen molar-refractivity contribution in [2.75, 3.05) is 27.4 Å². The molecular formula is C13H26N2O2. The summed E-state index contributed by atoms with van der Waals surface area (Å²) in [5.74, 6) is 0.632. The third-order valence-corrected chi connectivity index (χ3v) is 3.79. The molecule has 0 N–H and O–H groups in total. The highest BCUT2D eigenvalue weighted by atomic mass is 16.7. The van der Waals surface area contributed by atoms with Gasteiger partial charge in [0.25, 0.3) is 0 Å². The van der Waals surface area contributed by atoms with Crippen LogP contribution in [0, 0.1) is 5.92 Å². The Hall–Kier alpha value is -0.160. The standard InChI is InChI=1S/C13H26N2O2/c1-13(2,3)15-8-10-6-11(17-14(4)5)7-12(10)16-9-15/h10-12H,6-9H2,1-5H3. The molecule has 1 heterocycles. The molecule has 0 spiro atoms. The van der Waals surface area contributed by atoms with Crippen LogP contribution in [0.1, 0.15) is 33.6 Å². The first-order valence-corrected chi connectivity index (χ1v) is 6.57. The van der Waals surface area contributed by atoms with Gasteiger partial charge in [-0.1, -0.05) is 0 Å². The Bertz CT molecular complexity index is 263. The van der Waals surface area contributed by atoms with Gasteiger partial charge in [0, 0.05) is 38.5 Å². The molecule has 0 aromatic carbocycles. The molecule has 0 radical (unpaired) electrons. The Morgan fingerprint density at radius 3 is 2.53 bits per heavy atom. The van der Waals surface area contributed by atoms with Crippen molar-refractivity contribution in [3.8, 4) is 0 Å². The summed E-state index contributed by atoms with van der Waals surface area (Å²) >= 11 is 0. The molecule has 4 nitrogen and oxygen atoms in total. The van der Waals surface area contributed by atoms with Crippen LogP contribution in [0.15, 0.2) is 0 Å². The number of hydroxylamine groups is 2. The molecule has 0 amide bonds. The molecule has 2 rings (SSSR count). The highest BCUT2D eigenvalue weighted by Crippen LogP contribution is 2.36. The van der Waals surface area contributed by atoms with Crippen molar-refractivity contribution < 1.29 is 9.57 Å². The number of hydrogen-bond donors (Lipinski definition) is 0. The van der Waals surface area contributed by atoms with Gasteiger partial charge in [-0.2, -0.15) is 5.06 Å². The monoisotopic (exact) mass is 242 g/mol. The summed E-state index contributed by atoms with van der Waals surface area (Å²) in [4.78, 5) is 8.18. The van der Waals surface area contributed by atoms with Gasteiger partial charge in [0.1, 0.15) is 0 Å². The minimum atomic E-state index is 0.200. The van der Waals surface area contributed by atoms with Crippen LogP contribution in [0.25, 0.3) is 0 Å². The molecule has 1 aliphatic heterocycles. The van der Waals surface area contributed by atoms with Crippen LogP contribution in [-0.2, 0) is 9.57 Å². The van der Waals surface area contributed by atoms with Crippen molar-refractivity contribution in [1.82, 2.24) is 9.96 Å². The molecule has 100 valence electrons. The van der Waals surface area contributed by atoms with Gasteiger partial charge in [0.2, 0.25) is 0 Å². The van der Waals surface area contributed by atoms with Crippen LogP contribution < -0.4 is 0 Å². The predicted octanol–water partition coefficient (Wildman–Crippen LogP) is 1.71. The second kappa shape index (κ2) is 4.84. The van der Waals surface area contributed by atoms with Crippen molar-refractivity contribution in [1.29, 1.82) is 0 Å². The summed E-state index contributed by atoms with van der Waals surface area (Å²) in [6.45, 7) is 8.65. The average Bonchev–Trinajstić information content (AvgIpc) is 2.55. The molecular weight excluding hydrogens is 216 g/mol. The fraction of sp³-hybridized carbons (Fsp3) is 1.00. The lowest BCUT2D eigenvalue weighted by atomic mass is 9.99. The number of rotatable bonds is 2. The van der Waals surface area contributed by atoms with E-state index in [4.69, 9.17) is 9.57 Å². The molecule has 0 aromatic rings. The molecule has 0 bridgehead atoms. The topological polar surface area (TPSA) is 24.9 Å². The van der Waals surface area contributed by atoms with E-state index in [0.29, 0.717) is 18.1 Å². The predicted molar refractivity (Wildman–Crippen MR) is 67.5 cm³/mol. The van der Waals surface area contributed by atoms with E-state index < -0.39 is 0 Å². The molecule has 1 saturated carbocycles. The van der Waals surface area contributed by atoms with E-state index in [0.717, 1.165) is 26.1 Å². The van der Waals surface area contributed by atoms with E-state index in [1.807, 2.05) is 19.2 Å². The third-order valence-electron chi connectivity index (χ3n) is 3.79. The third kappa shape index (κ3) is 3.19.